The summed E-state index contributed by atoms with van der Waals surface area (Å²) in [5.74, 6) is -3.57. The van der Waals surface area contributed by atoms with Crippen molar-refractivity contribution in [3.05, 3.63) is 42.0 Å². The molecule has 2 amide bonds. The van der Waals surface area contributed by atoms with Crippen molar-refractivity contribution in [1.82, 2.24) is 10.9 Å². The van der Waals surface area contributed by atoms with E-state index in [9.17, 15) is 19.5 Å². The third-order valence-corrected chi connectivity index (χ3v) is 4.56. The number of carbonyl (C=O) groups is 3. The van der Waals surface area contributed by atoms with E-state index in [0.29, 0.717) is 11.3 Å². The highest BCUT2D eigenvalue weighted by molar-refractivity contribution is 5.96. The molecular weight excluding hydrogens is 328 g/mol. The number of methoxy groups -OCH3 is 1. The Bertz CT molecular complexity index is 744. The number of carboxylic acids is 1. The molecule has 1 saturated heterocycles. The highest BCUT2D eigenvalue weighted by Crippen LogP contribution is 2.46. The molecule has 25 heavy (non-hydrogen) atoms. The number of hydrogen-bond donors (Lipinski definition) is 3. The maximum Gasteiger partial charge on any atom is 0.310 e. The van der Waals surface area contributed by atoms with Gasteiger partial charge in [-0.1, -0.05) is 12.2 Å². The van der Waals surface area contributed by atoms with E-state index in [0.717, 1.165) is 0 Å². The normalized spacial score (nSPS) is 29.3. The first-order valence-electron chi connectivity index (χ1n) is 7.70. The predicted molar refractivity (Wildman–Crippen MR) is 85.6 cm³/mol. The first-order valence-corrected chi connectivity index (χ1v) is 7.70. The number of hydrazine groups is 1. The Kier molecular flexibility index (Phi) is 4.22. The van der Waals surface area contributed by atoms with E-state index >= 15 is 0 Å². The first-order chi connectivity index (χ1) is 11.9. The SMILES string of the molecule is COc1ccc(C(=O)NNC(=O)C2C(C(=O)O)C3C=CC2(C)O3)cc1. The molecule has 2 bridgehead atoms. The Morgan fingerprint density at radius 3 is 2.48 bits per heavy atom. The summed E-state index contributed by atoms with van der Waals surface area (Å²) in [5, 5.41) is 9.38. The molecule has 4 atom stereocenters. The zero-order valence-electron chi connectivity index (χ0n) is 13.7. The minimum absolute atomic E-state index is 0.325. The monoisotopic (exact) mass is 346 g/mol. The molecule has 8 nitrogen and oxygen atoms in total. The van der Waals surface area contributed by atoms with Gasteiger partial charge in [-0.25, -0.2) is 0 Å². The van der Waals surface area contributed by atoms with E-state index in [1.807, 2.05) is 0 Å². The number of amides is 2. The van der Waals surface area contributed by atoms with Crippen LogP contribution < -0.4 is 15.6 Å². The van der Waals surface area contributed by atoms with Gasteiger partial charge in [0.05, 0.1) is 24.7 Å². The summed E-state index contributed by atoms with van der Waals surface area (Å²) in [4.78, 5) is 36.0. The number of benzene rings is 1. The predicted octanol–water partition coefficient (Wildman–Crippen LogP) is 0.501. The van der Waals surface area contributed by atoms with Crippen molar-refractivity contribution in [1.29, 1.82) is 0 Å². The summed E-state index contributed by atoms with van der Waals surface area (Å²) in [6.07, 6.45) is 2.70. The van der Waals surface area contributed by atoms with Crippen LogP contribution in [0.4, 0.5) is 0 Å². The summed E-state index contributed by atoms with van der Waals surface area (Å²) < 4.78 is 10.6. The number of rotatable bonds is 4. The van der Waals surface area contributed by atoms with Crippen molar-refractivity contribution >= 4 is 17.8 Å². The topological polar surface area (TPSA) is 114 Å². The van der Waals surface area contributed by atoms with Crippen molar-refractivity contribution < 1.29 is 29.0 Å². The van der Waals surface area contributed by atoms with Crippen LogP contribution in [0.25, 0.3) is 0 Å². The van der Waals surface area contributed by atoms with Crippen LogP contribution >= 0.6 is 0 Å². The lowest BCUT2D eigenvalue weighted by atomic mass is 9.76. The van der Waals surface area contributed by atoms with Crippen molar-refractivity contribution in [2.45, 2.75) is 18.6 Å². The molecule has 8 heteroatoms. The molecule has 0 aliphatic carbocycles. The zero-order chi connectivity index (χ0) is 18.2. The fourth-order valence-corrected chi connectivity index (χ4v) is 3.29. The Morgan fingerprint density at radius 1 is 1.20 bits per heavy atom. The number of fused-ring (bicyclic) bond motifs is 2. The molecule has 2 aliphatic rings. The molecule has 1 aromatic carbocycles. The molecule has 0 radical (unpaired) electrons. The maximum atomic E-state index is 12.5. The van der Waals surface area contributed by atoms with Gasteiger partial charge in [0.25, 0.3) is 5.91 Å². The molecule has 0 spiro atoms. The van der Waals surface area contributed by atoms with Crippen molar-refractivity contribution in [2.24, 2.45) is 11.8 Å². The number of aliphatic carboxylic acids is 1. The smallest absolute Gasteiger partial charge is 0.310 e. The second-order valence-electron chi connectivity index (χ2n) is 6.14. The highest BCUT2D eigenvalue weighted by Gasteiger charge is 2.59. The minimum atomic E-state index is -1.11. The van der Waals surface area contributed by atoms with E-state index in [1.165, 1.54) is 7.11 Å². The summed E-state index contributed by atoms with van der Waals surface area (Å²) in [6.45, 7) is 1.65. The molecule has 0 aromatic heterocycles. The summed E-state index contributed by atoms with van der Waals surface area (Å²) in [5.41, 5.74) is 3.92. The fourth-order valence-electron chi connectivity index (χ4n) is 3.29. The quantitative estimate of drug-likeness (QED) is 0.540. The van der Waals surface area contributed by atoms with Crippen LogP contribution in [0.3, 0.4) is 0 Å². The number of hydrogen-bond acceptors (Lipinski definition) is 5. The van der Waals surface area contributed by atoms with E-state index in [1.54, 1.807) is 43.3 Å². The zero-order valence-corrected chi connectivity index (χ0v) is 13.7. The van der Waals surface area contributed by atoms with E-state index < -0.39 is 41.3 Å². The summed E-state index contributed by atoms with van der Waals surface area (Å²) >= 11 is 0. The van der Waals surface area contributed by atoms with Gasteiger partial charge in [-0.05, 0) is 31.2 Å². The van der Waals surface area contributed by atoms with E-state index in [-0.39, 0.29) is 0 Å². The van der Waals surface area contributed by atoms with Crippen molar-refractivity contribution in [3.8, 4) is 5.75 Å². The van der Waals surface area contributed by atoms with Crippen LogP contribution in [0.15, 0.2) is 36.4 Å². The van der Waals surface area contributed by atoms with E-state index in [2.05, 4.69) is 10.9 Å². The molecule has 1 aromatic rings. The largest absolute Gasteiger partial charge is 0.497 e. The van der Waals surface area contributed by atoms with Crippen LogP contribution in [-0.4, -0.2) is 41.7 Å². The van der Waals surface area contributed by atoms with Gasteiger partial charge < -0.3 is 14.6 Å². The summed E-state index contributed by atoms with van der Waals surface area (Å²) in [6, 6.07) is 6.33. The fraction of sp³-hybridized carbons (Fsp3) is 0.353. The standard InChI is InChI=1S/C17H18N2O6/c1-17-8-7-11(25-17)12(16(22)23)13(17)15(21)19-18-14(20)9-3-5-10(24-2)6-4-9/h3-8,11-13H,1-2H3,(H,18,20)(H,19,21)(H,22,23). The molecule has 2 heterocycles. The number of ether oxygens (including phenoxy) is 2. The third kappa shape index (κ3) is 2.96. The Balaban J connectivity index is 1.66. The number of nitrogens with one attached hydrogen (secondary N) is 2. The average molecular weight is 346 g/mol. The van der Waals surface area contributed by atoms with Crippen LogP contribution in [0.1, 0.15) is 17.3 Å². The minimum Gasteiger partial charge on any atom is -0.497 e. The van der Waals surface area contributed by atoms with E-state index in [4.69, 9.17) is 9.47 Å². The van der Waals surface area contributed by atoms with Gasteiger partial charge in [0.15, 0.2) is 0 Å². The van der Waals surface area contributed by atoms with Crippen LogP contribution in [0.5, 0.6) is 5.75 Å². The number of carbonyl (C=O) groups excluding carboxylic acids is 2. The van der Waals surface area contributed by atoms with Crippen LogP contribution in [0, 0.1) is 11.8 Å². The molecule has 132 valence electrons. The van der Waals surface area contributed by atoms with Crippen molar-refractivity contribution in [2.75, 3.05) is 7.11 Å². The van der Waals surface area contributed by atoms with Gasteiger partial charge in [0, 0.05) is 5.56 Å². The molecule has 1 fully saturated rings. The highest BCUT2D eigenvalue weighted by atomic mass is 16.5. The Hall–Kier alpha value is -2.87. The molecule has 4 unspecified atom stereocenters. The third-order valence-electron chi connectivity index (χ3n) is 4.56. The Labute approximate surface area is 143 Å². The van der Waals surface area contributed by atoms with Gasteiger partial charge in [-0.3, -0.25) is 25.2 Å². The van der Waals surface area contributed by atoms with Gasteiger partial charge >= 0.3 is 5.97 Å². The van der Waals surface area contributed by atoms with Gasteiger partial charge in [-0.2, -0.15) is 0 Å². The van der Waals surface area contributed by atoms with Crippen LogP contribution in [0.2, 0.25) is 0 Å². The molecule has 3 N–H and O–H groups in total. The van der Waals surface area contributed by atoms with Gasteiger partial charge in [0.1, 0.15) is 11.7 Å². The first kappa shape index (κ1) is 17.0. The average Bonchev–Trinajstić information content (AvgIpc) is 3.12. The molecule has 3 rings (SSSR count). The maximum absolute atomic E-state index is 12.5. The van der Waals surface area contributed by atoms with Crippen LogP contribution in [-0.2, 0) is 14.3 Å². The van der Waals surface area contributed by atoms with Crippen molar-refractivity contribution in [3.63, 3.8) is 0 Å². The Morgan fingerprint density at radius 2 is 1.88 bits per heavy atom. The number of carboxylic acid groups (broad SMARTS) is 1. The molecular formula is C17H18N2O6. The molecule has 0 saturated carbocycles. The second-order valence-corrected chi connectivity index (χ2v) is 6.14. The summed E-state index contributed by atoms with van der Waals surface area (Å²) in [7, 11) is 1.51. The van der Waals surface area contributed by atoms with Gasteiger partial charge in [-0.15, -0.1) is 0 Å². The van der Waals surface area contributed by atoms with Gasteiger partial charge in [0.2, 0.25) is 5.91 Å². The lowest BCUT2D eigenvalue weighted by Crippen LogP contribution is -2.52. The molecule has 2 aliphatic heterocycles. The lowest BCUT2D eigenvalue weighted by molar-refractivity contribution is -0.147. The lowest BCUT2D eigenvalue weighted by Gasteiger charge is -2.27. The second kappa shape index (κ2) is 6.21.